The summed E-state index contributed by atoms with van der Waals surface area (Å²) < 4.78 is 31.7. The molecule has 0 saturated carbocycles. The molecule has 4 aromatic rings. The Morgan fingerprint density at radius 2 is 1.77 bits per heavy atom. The monoisotopic (exact) mass is 551 g/mol. The number of nitrogens with zero attached hydrogens (tertiary/aromatic N) is 4. The minimum absolute atomic E-state index is 0.0385. The number of nitrogens with one attached hydrogen (secondary N) is 1. The molecule has 1 unspecified atom stereocenters. The number of halogens is 3. The lowest BCUT2D eigenvalue weighted by molar-refractivity contribution is -0.192. The van der Waals surface area contributed by atoms with Crippen molar-refractivity contribution in [3.05, 3.63) is 89.6 Å². The van der Waals surface area contributed by atoms with Crippen LogP contribution >= 0.6 is 0 Å². The van der Waals surface area contributed by atoms with E-state index in [1.54, 1.807) is 18.6 Å². The number of likely N-dealkylation sites (tertiary alicyclic amines) is 1. The zero-order valence-electron chi connectivity index (χ0n) is 21.9. The topological polar surface area (TPSA) is 112 Å². The average molecular weight is 552 g/mol. The van der Waals surface area contributed by atoms with Gasteiger partial charge in [0.1, 0.15) is 5.69 Å². The third-order valence-electron chi connectivity index (χ3n) is 6.67. The van der Waals surface area contributed by atoms with Gasteiger partial charge in [-0.05, 0) is 56.0 Å². The van der Waals surface area contributed by atoms with Gasteiger partial charge in [0.05, 0.1) is 11.3 Å². The van der Waals surface area contributed by atoms with Crippen LogP contribution in [0.4, 0.5) is 13.2 Å². The fourth-order valence-corrected chi connectivity index (χ4v) is 4.46. The first-order chi connectivity index (χ1) is 19.0. The maximum absolute atomic E-state index is 13.3. The van der Waals surface area contributed by atoms with Gasteiger partial charge >= 0.3 is 12.1 Å². The number of aliphatic carboxylic acids is 1. The molecule has 3 aromatic heterocycles. The largest absolute Gasteiger partial charge is 0.490 e. The van der Waals surface area contributed by atoms with Crippen LogP contribution in [0.25, 0.3) is 22.6 Å². The average Bonchev–Trinajstić information content (AvgIpc) is 3.31. The van der Waals surface area contributed by atoms with Crippen LogP contribution in [-0.2, 0) is 4.79 Å². The first kappa shape index (κ1) is 28.5. The van der Waals surface area contributed by atoms with E-state index in [9.17, 15) is 18.0 Å². The zero-order chi connectivity index (χ0) is 28.9. The SMILES string of the molecule is Cc1nc(-c2cc(-c3cncc(C(=O)N4CCCC(c5ccccc5)C4)c3)ccn2)[nH]c1C.O=C(O)C(F)(F)F. The molecule has 0 radical (unpaired) electrons. The van der Waals surface area contributed by atoms with Gasteiger partial charge in [0.15, 0.2) is 5.82 Å². The van der Waals surface area contributed by atoms with E-state index in [1.165, 1.54) is 5.56 Å². The molecule has 1 saturated heterocycles. The maximum Gasteiger partial charge on any atom is 0.490 e. The number of aromatic nitrogens is 4. The first-order valence-corrected chi connectivity index (χ1v) is 12.6. The Balaban J connectivity index is 0.000000470. The van der Waals surface area contributed by atoms with E-state index in [4.69, 9.17) is 9.90 Å². The minimum Gasteiger partial charge on any atom is -0.475 e. The quantitative estimate of drug-likeness (QED) is 0.331. The van der Waals surface area contributed by atoms with Crippen LogP contribution in [0.15, 0.2) is 67.1 Å². The molecule has 1 atom stereocenters. The van der Waals surface area contributed by atoms with Crippen molar-refractivity contribution in [2.24, 2.45) is 0 Å². The number of alkyl halides is 3. The molecule has 8 nitrogen and oxygen atoms in total. The zero-order valence-corrected chi connectivity index (χ0v) is 21.9. The third-order valence-corrected chi connectivity index (χ3v) is 6.67. The van der Waals surface area contributed by atoms with Gasteiger partial charge in [-0.3, -0.25) is 14.8 Å². The minimum atomic E-state index is -5.08. The third kappa shape index (κ3) is 6.90. The second-order valence-electron chi connectivity index (χ2n) is 9.49. The number of hydrogen-bond acceptors (Lipinski definition) is 5. The lowest BCUT2D eigenvalue weighted by atomic mass is 9.90. The fourth-order valence-electron chi connectivity index (χ4n) is 4.46. The number of benzene rings is 1. The molecule has 1 aliphatic heterocycles. The van der Waals surface area contributed by atoms with Crippen molar-refractivity contribution >= 4 is 11.9 Å². The highest BCUT2D eigenvalue weighted by Gasteiger charge is 2.38. The molecular formula is C29H28F3N5O3. The number of carboxylic acid groups (broad SMARTS) is 1. The number of rotatable bonds is 4. The van der Waals surface area contributed by atoms with Crippen molar-refractivity contribution in [2.45, 2.75) is 38.8 Å². The smallest absolute Gasteiger partial charge is 0.475 e. The molecule has 1 aromatic carbocycles. The summed E-state index contributed by atoms with van der Waals surface area (Å²) >= 11 is 0. The lowest BCUT2D eigenvalue weighted by Crippen LogP contribution is -2.39. The van der Waals surface area contributed by atoms with Crippen molar-refractivity contribution in [3.63, 3.8) is 0 Å². The molecule has 2 N–H and O–H groups in total. The van der Waals surface area contributed by atoms with Gasteiger partial charge in [-0.25, -0.2) is 9.78 Å². The highest BCUT2D eigenvalue weighted by atomic mass is 19.4. The normalized spacial score (nSPS) is 15.2. The van der Waals surface area contributed by atoms with E-state index < -0.39 is 12.1 Å². The van der Waals surface area contributed by atoms with Crippen molar-refractivity contribution in [1.29, 1.82) is 0 Å². The number of imidazole rings is 1. The van der Waals surface area contributed by atoms with Crippen LogP contribution in [0.2, 0.25) is 0 Å². The predicted molar refractivity (Wildman–Crippen MR) is 143 cm³/mol. The number of hydrogen-bond donors (Lipinski definition) is 2. The molecule has 5 rings (SSSR count). The molecule has 208 valence electrons. The van der Waals surface area contributed by atoms with Crippen LogP contribution in [0, 0.1) is 13.8 Å². The number of carboxylic acids is 1. The van der Waals surface area contributed by atoms with Gasteiger partial charge in [0.25, 0.3) is 5.91 Å². The lowest BCUT2D eigenvalue weighted by Gasteiger charge is -2.33. The Labute approximate surface area is 228 Å². The number of H-pyrrole nitrogens is 1. The molecule has 0 spiro atoms. The Hall–Kier alpha value is -4.54. The Bertz CT molecular complexity index is 1470. The molecule has 1 aliphatic rings. The van der Waals surface area contributed by atoms with Gasteiger partial charge in [-0.1, -0.05) is 30.3 Å². The Kier molecular flexibility index (Phi) is 8.61. The van der Waals surface area contributed by atoms with Crippen molar-refractivity contribution in [1.82, 2.24) is 24.8 Å². The molecule has 0 bridgehead atoms. The van der Waals surface area contributed by atoms with E-state index in [-0.39, 0.29) is 5.91 Å². The summed E-state index contributed by atoms with van der Waals surface area (Å²) in [6.07, 6.45) is 2.25. The molecule has 40 heavy (non-hydrogen) atoms. The summed E-state index contributed by atoms with van der Waals surface area (Å²) in [4.78, 5) is 40.9. The number of pyridine rings is 2. The number of aryl methyl sites for hydroxylation is 2. The van der Waals surface area contributed by atoms with Gasteiger partial charge in [-0.2, -0.15) is 13.2 Å². The molecule has 1 amide bonds. The van der Waals surface area contributed by atoms with Crippen LogP contribution < -0.4 is 0 Å². The molecule has 1 fully saturated rings. The Morgan fingerprint density at radius 3 is 2.42 bits per heavy atom. The van der Waals surface area contributed by atoms with E-state index in [0.717, 1.165) is 60.0 Å². The number of carbonyl (C=O) groups excluding carboxylic acids is 1. The molecule has 0 aliphatic carbocycles. The van der Waals surface area contributed by atoms with Crippen LogP contribution in [0.3, 0.4) is 0 Å². The van der Waals surface area contributed by atoms with Gasteiger partial charge in [0.2, 0.25) is 0 Å². The van der Waals surface area contributed by atoms with E-state index in [2.05, 4.69) is 44.2 Å². The summed E-state index contributed by atoms with van der Waals surface area (Å²) in [5.41, 5.74) is 6.51. The van der Waals surface area contributed by atoms with E-state index in [1.807, 2.05) is 43.0 Å². The second kappa shape index (κ2) is 12.1. The number of carbonyl (C=O) groups is 2. The molecule has 11 heteroatoms. The summed E-state index contributed by atoms with van der Waals surface area (Å²) in [7, 11) is 0. The highest BCUT2D eigenvalue weighted by molar-refractivity contribution is 5.95. The van der Waals surface area contributed by atoms with Crippen molar-refractivity contribution in [2.75, 3.05) is 13.1 Å². The Morgan fingerprint density at radius 1 is 1.05 bits per heavy atom. The first-order valence-electron chi connectivity index (χ1n) is 12.6. The van der Waals surface area contributed by atoms with Gasteiger partial charge in [0, 0.05) is 48.9 Å². The van der Waals surface area contributed by atoms with Crippen LogP contribution in [0.5, 0.6) is 0 Å². The summed E-state index contributed by atoms with van der Waals surface area (Å²) in [5.74, 6) is -1.60. The van der Waals surface area contributed by atoms with E-state index in [0.29, 0.717) is 11.5 Å². The van der Waals surface area contributed by atoms with Gasteiger partial charge < -0.3 is 15.0 Å². The standard InChI is InChI=1S/C27H27N5O.C2HF3O2/c1-18-19(2)31-26(30-18)25-14-21(10-11-29-25)23-13-24(16-28-15-23)27(33)32-12-6-9-22(17-32)20-7-4-3-5-8-20;3-2(4,5)1(6)7/h3-5,7-8,10-11,13-16,22H,6,9,12,17H2,1-2H3,(H,30,31);(H,6,7). The number of amides is 1. The van der Waals surface area contributed by atoms with Crippen LogP contribution in [0.1, 0.15) is 46.1 Å². The summed E-state index contributed by atoms with van der Waals surface area (Å²) in [6, 6.07) is 16.3. The fraction of sp³-hybridized carbons (Fsp3) is 0.276. The summed E-state index contributed by atoms with van der Waals surface area (Å²) in [6.45, 7) is 5.49. The maximum atomic E-state index is 13.3. The van der Waals surface area contributed by atoms with Crippen LogP contribution in [-0.4, -0.2) is 61.1 Å². The summed E-state index contributed by atoms with van der Waals surface area (Å²) in [5, 5.41) is 7.12. The van der Waals surface area contributed by atoms with E-state index >= 15 is 0 Å². The second-order valence-corrected chi connectivity index (χ2v) is 9.49. The highest BCUT2D eigenvalue weighted by Crippen LogP contribution is 2.29. The van der Waals surface area contributed by atoms with Crippen molar-refractivity contribution in [3.8, 4) is 22.6 Å². The number of piperidine rings is 1. The van der Waals surface area contributed by atoms with Crippen molar-refractivity contribution < 1.29 is 27.9 Å². The molecular weight excluding hydrogens is 523 g/mol. The van der Waals surface area contributed by atoms with Gasteiger partial charge in [-0.15, -0.1) is 0 Å². The predicted octanol–water partition coefficient (Wildman–Crippen LogP) is 5.80. The molecule has 4 heterocycles. The number of aromatic amines is 1.